The third-order valence-electron chi connectivity index (χ3n) is 4.38. The summed E-state index contributed by atoms with van der Waals surface area (Å²) in [6.07, 6.45) is 1.76. The minimum absolute atomic E-state index is 0.186. The molecule has 0 saturated heterocycles. The fourth-order valence-electron chi connectivity index (χ4n) is 2.96. The quantitative estimate of drug-likeness (QED) is 0.280. The Morgan fingerprint density at radius 1 is 1.03 bits per heavy atom. The highest BCUT2D eigenvalue weighted by molar-refractivity contribution is 6.32. The third-order valence-corrected chi connectivity index (χ3v) is 4.63. The molecule has 0 fully saturated rings. The van der Waals surface area contributed by atoms with E-state index in [1.54, 1.807) is 42.5 Å². The summed E-state index contributed by atoms with van der Waals surface area (Å²) in [4.78, 5) is 17.8. The van der Waals surface area contributed by atoms with Gasteiger partial charge in [-0.2, -0.15) is 0 Å². The third kappa shape index (κ3) is 4.23. The molecule has 4 rings (SSSR count). The van der Waals surface area contributed by atoms with Crippen LogP contribution in [-0.2, 0) is 0 Å². The van der Waals surface area contributed by atoms with Gasteiger partial charge in [0.15, 0.2) is 11.4 Å². The van der Waals surface area contributed by atoms with Gasteiger partial charge in [-0.25, -0.2) is 4.98 Å². The summed E-state index contributed by atoms with van der Waals surface area (Å²) in [5.41, 5.74) is 3.04. The van der Waals surface area contributed by atoms with Gasteiger partial charge in [-0.15, -0.1) is 0 Å². The molecule has 0 aliphatic rings. The molecule has 0 spiro atoms. The number of hydrogen-bond donors (Lipinski definition) is 0. The van der Waals surface area contributed by atoms with E-state index in [0.717, 1.165) is 5.56 Å². The van der Waals surface area contributed by atoms with Gasteiger partial charge >= 0.3 is 0 Å². The summed E-state index contributed by atoms with van der Waals surface area (Å²) in [5.74, 6) is 0.809. The van der Waals surface area contributed by atoms with Crippen LogP contribution in [0.4, 0.5) is 0 Å². The number of hydrogen-bond acceptors (Lipinski definition) is 4. The van der Waals surface area contributed by atoms with Gasteiger partial charge in [-0.3, -0.25) is 4.79 Å². The molecule has 0 bridgehead atoms. The Morgan fingerprint density at radius 2 is 1.76 bits per heavy atom. The number of rotatable bonds is 6. The number of para-hydroxylation sites is 2. The second kappa shape index (κ2) is 8.33. The summed E-state index contributed by atoms with van der Waals surface area (Å²) in [7, 11) is 0. The fourth-order valence-corrected chi connectivity index (χ4v) is 3.09. The molecule has 0 unspecified atom stereocenters. The van der Waals surface area contributed by atoms with Crippen molar-refractivity contribution in [2.75, 3.05) is 6.61 Å². The van der Waals surface area contributed by atoms with Crippen molar-refractivity contribution in [1.82, 2.24) is 4.98 Å². The second-order valence-electron chi connectivity index (χ2n) is 6.38. The highest BCUT2D eigenvalue weighted by atomic mass is 35.5. The smallest absolute Gasteiger partial charge is 0.231 e. The lowest BCUT2D eigenvalue weighted by Gasteiger charge is -2.06. The van der Waals surface area contributed by atoms with Crippen molar-refractivity contribution >= 4 is 40.1 Å². The van der Waals surface area contributed by atoms with Crippen LogP contribution in [0.25, 0.3) is 22.7 Å². The number of ether oxygens (including phenoxy) is 1. The zero-order valence-electron chi connectivity index (χ0n) is 15.8. The summed E-state index contributed by atoms with van der Waals surface area (Å²) < 4.78 is 11.3. The van der Waals surface area contributed by atoms with Crippen LogP contribution in [0.3, 0.4) is 0 Å². The van der Waals surface area contributed by atoms with Gasteiger partial charge in [-0.1, -0.05) is 35.9 Å². The maximum Gasteiger partial charge on any atom is 0.231 e. The molecule has 0 saturated carbocycles. The molecule has 4 nitrogen and oxygen atoms in total. The summed E-state index contributed by atoms with van der Waals surface area (Å²) in [6, 6.07) is 21.7. The van der Waals surface area contributed by atoms with Gasteiger partial charge in [0.05, 0.1) is 12.2 Å². The Morgan fingerprint density at radius 3 is 2.45 bits per heavy atom. The van der Waals surface area contributed by atoms with E-state index in [1.807, 2.05) is 43.3 Å². The minimum atomic E-state index is -0.186. The Balaban J connectivity index is 1.78. The van der Waals surface area contributed by atoms with Crippen LogP contribution < -0.4 is 4.74 Å². The molecule has 0 aliphatic heterocycles. The summed E-state index contributed by atoms with van der Waals surface area (Å²) in [6.45, 7) is 2.48. The van der Waals surface area contributed by atoms with E-state index in [1.165, 1.54) is 0 Å². The number of allylic oxidation sites excluding steroid dienone is 1. The van der Waals surface area contributed by atoms with Crippen LogP contribution in [0.15, 0.2) is 77.2 Å². The van der Waals surface area contributed by atoms with Crippen molar-refractivity contribution in [3.63, 3.8) is 0 Å². The van der Waals surface area contributed by atoms with Gasteiger partial charge in [0.1, 0.15) is 11.3 Å². The number of fused-ring (bicyclic) bond motifs is 1. The molecule has 0 N–H and O–H groups in total. The molecule has 0 amide bonds. The van der Waals surface area contributed by atoms with Gasteiger partial charge in [0, 0.05) is 10.6 Å². The summed E-state index contributed by atoms with van der Waals surface area (Å²) >= 11 is 5.99. The highest BCUT2D eigenvalue weighted by Gasteiger charge is 2.20. The van der Waals surface area contributed by atoms with E-state index in [-0.39, 0.29) is 11.7 Å². The number of carbonyl (C=O) groups excluding carboxylic acids is 1. The minimum Gasteiger partial charge on any atom is -0.494 e. The molecule has 1 aromatic heterocycles. The fraction of sp³-hybridized carbons (Fsp3) is 0.0833. The topological polar surface area (TPSA) is 52.3 Å². The monoisotopic (exact) mass is 403 g/mol. The first-order valence-corrected chi connectivity index (χ1v) is 9.62. The molecule has 0 aliphatic carbocycles. The molecular weight excluding hydrogens is 386 g/mol. The van der Waals surface area contributed by atoms with E-state index in [0.29, 0.717) is 39.6 Å². The Kier molecular flexibility index (Phi) is 5.45. The van der Waals surface area contributed by atoms with E-state index in [9.17, 15) is 4.79 Å². The molecule has 3 aromatic carbocycles. The standard InChI is InChI=1S/C24H18ClNO3/c1-2-28-19-13-9-17(10-14-19)23(27)20(15-16-7-11-18(25)12-8-16)24-26-21-5-3-4-6-22(21)29-24/h3-15H,2H2,1H3/b20-15-. The molecule has 5 heteroatoms. The van der Waals surface area contributed by atoms with Crippen LogP contribution in [0.2, 0.25) is 5.02 Å². The lowest BCUT2D eigenvalue weighted by atomic mass is 10.0. The first-order valence-electron chi connectivity index (χ1n) is 9.25. The number of oxazole rings is 1. The zero-order chi connectivity index (χ0) is 20.2. The molecule has 144 valence electrons. The number of Topliss-reactive ketones (excluding diaryl/α,β-unsaturated/α-hetero) is 1. The van der Waals surface area contributed by atoms with E-state index >= 15 is 0 Å². The van der Waals surface area contributed by atoms with Gasteiger partial charge in [0.25, 0.3) is 0 Å². The number of aromatic nitrogens is 1. The maximum atomic E-state index is 13.3. The highest BCUT2D eigenvalue weighted by Crippen LogP contribution is 2.27. The van der Waals surface area contributed by atoms with Crippen molar-refractivity contribution in [3.05, 3.63) is 94.8 Å². The Bertz CT molecular complexity index is 1140. The van der Waals surface area contributed by atoms with Crippen LogP contribution in [0, 0.1) is 0 Å². The van der Waals surface area contributed by atoms with Crippen LogP contribution >= 0.6 is 11.6 Å². The average Bonchev–Trinajstić information content (AvgIpc) is 3.17. The molecular formula is C24H18ClNO3. The largest absolute Gasteiger partial charge is 0.494 e. The van der Waals surface area contributed by atoms with Crippen molar-refractivity contribution in [2.45, 2.75) is 6.92 Å². The van der Waals surface area contributed by atoms with Crippen molar-refractivity contribution in [3.8, 4) is 5.75 Å². The first kappa shape index (κ1) is 19.0. The van der Waals surface area contributed by atoms with E-state index < -0.39 is 0 Å². The molecule has 1 heterocycles. The number of ketones is 1. The van der Waals surface area contributed by atoms with Gasteiger partial charge in [-0.05, 0) is 67.1 Å². The maximum absolute atomic E-state index is 13.3. The molecule has 29 heavy (non-hydrogen) atoms. The lowest BCUT2D eigenvalue weighted by molar-refractivity contribution is 0.105. The Labute approximate surface area is 173 Å². The molecule has 4 aromatic rings. The number of nitrogens with zero attached hydrogens (tertiary/aromatic N) is 1. The first-order chi connectivity index (χ1) is 14.1. The lowest BCUT2D eigenvalue weighted by Crippen LogP contribution is -2.03. The number of halogens is 1. The average molecular weight is 404 g/mol. The Hall–Kier alpha value is -3.37. The van der Waals surface area contributed by atoms with Gasteiger partial charge in [0.2, 0.25) is 5.89 Å². The van der Waals surface area contributed by atoms with E-state index in [2.05, 4.69) is 4.98 Å². The molecule has 0 atom stereocenters. The van der Waals surface area contributed by atoms with Crippen LogP contribution in [0.1, 0.15) is 28.7 Å². The summed E-state index contributed by atoms with van der Waals surface area (Å²) in [5, 5.41) is 0.628. The second-order valence-corrected chi connectivity index (χ2v) is 6.82. The number of carbonyl (C=O) groups is 1. The normalized spacial score (nSPS) is 11.6. The van der Waals surface area contributed by atoms with Crippen molar-refractivity contribution in [2.24, 2.45) is 0 Å². The SMILES string of the molecule is CCOc1ccc(C(=O)/C(=C/c2ccc(Cl)cc2)c2nc3ccccc3o2)cc1. The molecule has 0 radical (unpaired) electrons. The van der Waals surface area contributed by atoms with Crippen molar-refractivity contribution < 1.29 is 13.9 Å². The zero-order valence-corrected chi connectivity index (χ0v) is 16.5. The van der Waals surface area contributed by atoms with Crippen LogP contribution in [-0.4, -0.2) is 17.4 Å². The predicted octanol–water partition coefficient (Wildman–Crippen LogP) is 6.30. The van der Waals surface area contributed by atoms with Crippen LogP contribution in [0.5, 0.6) is 5.75 Å². The number of benzene rings is 3. The van der Waals surface area contributed by atoms with Gasteiger partial charge < -0.3 is 9.15 Å². The van der Waals surface area contributed by atoms with Crippen molar-refractivity contribution in [1.29, 1.82) is 0 Å². The van der Waals surface area contributed by atoms with E-state index in [4.69, 9.17) is 20.8 Å². The predicted molar refractivity (Wildman–Crippen MR) is 115 cm³/mol.